The van der Waals surface area contributed by atoms with Gasteiger partial charge in [-0.1, -0.05) is 18.2 Å². The third kappa shape index (κ3) is 1.13. The number of hydrogen-bond acceptors (Lipinski definition) is 2. The molecule has 0 saturated heterocycles. The third-order valence-corrected chi connectivity index (χ3v) is 2.28. The van der Waals surface area contributed by atoms with Crippen molar-refractivity contribution in [3.8, 4) is 5.88 Å². The number of rotatable bonds is 1. The van der Waals surface area contributed by atoms with Crippen LogP contribution >= 0.6 is 12.2 Å². The molecule has 2 rings (SSSR count). The maximum absolute atomic E-state index is 11.7. The first-order chi connectivity index (χ1) is 6.75. The van der Waals surface area contributed by atoms with Gasteiger partial charge in [-0.15, -0.1) is 0 Å². The Morgan fingerprint density at radius 1 is 1.43 bits per heavy atom. The zero-order valence-electron chi connectivity index (χ0n) is 7.52. The largest absolute Gasteiger partial charge is 0.309 e. The van der Waals surface area contributed by atoms with Crippen LogP contribution in [0.5, 0.6) is 5.88 Å². The second kappa shape index (κ2) is 3.25. The first-order valence-corrected chi connectivity index (χ1v) is 4.49. The zero-order valence-corrected chi connectivity index (χ0v) is 8.34. The maximum atomic E-state index is 11.7. The molecular weight excluding hydrogens is 196 g/mol. The molecule has 0 fully saturated rings. The van der Waals surface area contributed by atoms with E-state index in [0.717, 1.165) is 10.9 Å². The Kier molecular flexibility index (Phi) is 2.08. The smallest absolute Gasteiger partial charge is 0.278 e. The molecule has 0 aliphatic rings. The lowest BCUT2D eigenvalue weighted by Gasteiger charge is -1.92. The Bertz CT molecular complexity index is 538. The van der Waals surface area contributed by atoms with Crippen molar-refractivity contribution in [3.63, 3.8) is 0 Å². The van der Waals surface area contributed by atoms with Gasteiger partial charge < -0.3 is 4.57 Å². The Morgan fingerprint density at radius 3 is 2.86 bits per heavy atom. The number of aliphatic imine (C=N–C) groups is 1. The summed E-state index contributed by atoms with van der Waals surface area (Å²) in [4.78, 5) is 3.79. The first-order valence-electron chi connectivity index (χ1n) is 4.08. The SMILES string of the molecule is Cn1c([O])c(N=C=S)c2ccccc21. The van der Waals surface area contributed by atoms with Gasteiger partial charge in [-0.25, -0.2) is 0 Å². The van der Waals surface area contributed by atoms with Crippen LogP contribution in [0.15, 0.2) is 29.3 Å². The van der Waals surface area contributed by atoms with Crippen molar-refractivity contribution >= 4 is 34.0 Å². The van der Waals surface area contributed by atoms with E-state index in [-0.39, 0.29) is 5.88 Å². The van der Waals surface area contributed by atoms with Crippen molar-refractivity contribution in [2.45, 2.75) is 0 Å². The minimum atomic E-state index is -0.136. The Labute approximate surface area is 86.3 Å². The van der Waals surface area contributed by atoms with E-state index in [1.54, 1.807) is 11.6 Å². The predicted octanol–water partition coefficient (Wildman–Crippen LogP) is 3.06. The highest BCUT2D eigenvalue weighted by atomic mass is 32.1. The summed E-state index contributed by atoms with van der Waals surface area (Å²) in [5, 5.41) is 14.7. The van der Waals surface area contributed by atoms with E-state index in [1.807, 2.05) is 24.3 Å². The number of fused-ring (bicyclic) bond motifs is 1. The Hall–Kier alpha value is -1.64. The molecule has 0 atom stereocenters. The van der Waals surface area contributed by atoms with Crippen LogP contribution in [0.2, 0.25) is 0 Å². The lowest BCUT2D eigenvalue weighted by molar-refractivity contribution is 0.326. The lowest BCUT2D eigenvalue weighted by atomic mass is 10.2. The molecule has 0 unspecified atom stereocenters. The molecule has 0 spiro atoms. The first kappa shape index (κ1) is 8.94. The van der Waals surface area contributed by atoms with Crippen LogP contribution in [-0.2, 0) is 12.2 Å². The van der Waals surface area contributed by atoms with Crippen molar-refractivity contribution in [1.82, 2.24) is 4.57 Å². The third-order valence-electron chi connectivity index (χ3n) is 2.19. The van der Waals surface area contributed by atoms with Crippen LogP contribution in [0, 0.1) is 0 Å². The molecule has 3 nitrogen and oxygen atoms in total. The van der Waals surface area contributed by atoms with Gasteiger partial charge in [-0.2, -0.15) is 4.99 Å². The molecule has 69 valence electrons. The molecule has 2 aromatic rings. The van der Waals surface area contributed by atoms with Crippen LogP contribution in [0.3, 0.4) is 0 Å². The van der Waals surface area contributed by atoms with E-state index < -0.39 is 0 Å². The average Bonchev–Trinajstić information content (AvgIpc) is 2.45. The van der Waals surface area contributed by atoms with Gasteiger partial charge in [0.2, 0.25) is 0 Å². The summed E-state index contributed by atoms with van der Waals surface area (Å²) in [5.74, 6) is -0.136. The van der Waals surface area contributed by atoms with Gasteiger partial charge >= 0.3 is 0 Å². The fraction of sp³-hybridized carbons (Fsp3) is 0.100. The number of isothiocyanates is 1. The quantitative estimate of drug-likeness (QED) is 0.518. The van der Waals surface area contributed by atoms with E-state index in [2.05, 4.69) is 22.4 Å². The number of para-hydroxylation sites is 1. The van der Waals surface area contributed by atoms with Gasteiger partial charge in [0.25, 0.3) is 5.88 Å². The molecule has 0 bridgehead atoms. The highest BCUT2D eigenvalue weighted by Gasteiger charge is 2.14. The minimum Gasteiger partial charge on any atom is -0.309 e. The van der Waals surface area contributed by atoms with Gasteiger partial charge in [-0.3, -0.25) is 5.11 Å². The molecule has 1 aromatic carbocycles. The fourth-order valence-corrected chi connectivity index (χ4v) is 1.59. The number of aromatic nitrogens is 1. The van der Waals surface area contributed by atoms with Crippen LogP contribution in [-0.4, -0.2) is 9.73 Å². The molecule has 0 amide bonds. The number of hydrogen-bond donors (Lipinski definition) is 0. The number of nitrogens with zero attached hydrogens (tertiary/aromatic N) is 2. The van der Waals surface area contributed by atoms with Crippen LogP contribution in [0.4, 0.5) is 5.69 Å². The van der Waals surface area contributed by atoms with E-state index >= 15 is 0 Å². The van der Waals surface area contributed by atoms with Crippen LogP contribution in [0.25, 0.3) is 10.9 Å². The number of benzene rings is 1. The van der Waals surface area contributed by atoms with Crippen molar-refractivity contribution in [3.05, 3.63) is 24.3 Å². The minimum absolute atomic E-state index is 0.136. The zero-order chi connectivity index (χ0) is 10.1. The monoisotopic (exact) mass is 203 g/mol. The van der Waals surface area contributed by atoms with Crippen LogP contribution in [0.1, 0.15) is 0 Å². The van der Waals surface area contributed by atoms with Gasteiger partial charge in [0.05, 0.1) is 10.7 Å². The summed E-state index contributed by atoms with van der Waals surface area (Å²) in [6, 6.07) is 7.47. The standard InChI is InChI=1S/C10H7N2OS/c1-12-8-5-3-2-4-7(8)9(10(12)13)11-6-14/h2-5H,1H3. The summed E-state index contributed by atoms with van der Waals surface area (Å²) >= 11 is 4.50. The Balaban J connectivity index is 2.94. The van der Waals surface area contributed by atoms with Crippen LogP contribution < -0.4 is 0 Å². The molecule has 1 radical (unpaired) electrons. The molecule has 0 N–H and O–H groups in total. The van der Waals surface area contributed by atoms with Gasteiger partial charge in [0, 0.05) is 12.4 Å². The summed E-state index contributed by atoms with van der Waals surface area (Å²) < 4.78 is 1.56. The second-order valence-electron chi connectivity index (χ2n) is 2.93. The van der Waals surface area contributed by atoms with Crippen molar-refractivity contribution in [2.24, 2.45) is 12.0 Å². The van der Waals surface area contributed by atoms with E-state index in [0.29, 0.717) is 5.69 Å². The van der Waals surface area contributed by atoms with E-state index in [1.165, 1.54) is 0 Å². The highest BCUT2D eigenvalue weighted by molar-refractivity contribution is 7.78. The average molecular weight is 203 g/mol. The van der Waals surface area contributed by atoms with Crippen molar-refractivity contribution in [2.75, 3.05) is 0 Å². The van der Waals surface area contributed by atoms with Crippen molar-refractivity contribution in [1.29, 1.82) is 0 Å². The van der Waals surface area contributed by atoms with E-state index in [9.17, 15) is 5.11 Å². The summed E-state index contributed by atoms with van der Waals surface area (Å²) in [6.07, 6.45) is 0. The predicted molar refractivity (Wildman–Crippen MR) is 57.7 cm³/mol. The van der Waals surface area contributed by atoms with Gasteiger partial charge in [0.1, 0.15) is 5.69 Å². The molecule has 0 aliphatic heterocycles. The number of aryl methyl sites for hydroxylation is 1. The molecular formula is C10H7N2OS. The maximum Gasteiger partial charge on any atom is 0.278 e. The molecule has 14 heavy (non-hydrogen) atoms. The summed E-state index contributed by atoms with van der Waals surface area (Å²) in [7, 11) is 1.72. The molecule has 1 aromatic heterocycles. The molecule has 0 aliphatic carbocycles. The van der Waals surface area contributed by atoms with Gasteiger partial charge in [0.15, 0.2) is 0 Å². The lowest BCUT2D eigenvalue weighted by Crippen LogP contribution is -1.83. The van der Waals surface area contributed by atoms with E-state index in [4.69, 9.17) is 0 Å². The van der Waals surface area contributed by atoms with Crippen molar-refractivity contribution < 1.29 is 5.11 Å². The topological polar surface area (TPSA) is 37.2 Å². The molecule has 4 heteroatoms. The summed E-state index contributed by atoms with van der Waals surface area (Å²) in [6.45, 7) is 0. The molecule has 0 saturated carbocycles. The fourth-order valence-electron chi connectivity index (χ4n) is 1.50. The number of thiocarbonyl (C=S) groups is 1. The normalized spacial score (nSPS) is 10.1. The Morgan fingerprint density at radius 2 is 2.14 bits per heavy atom. The highest BCUT2D eigenvalue weighted by Crippen LogP contribution is 2.37. The molecule has 1 heterocycles. The second-order valence-corrected chi connectivity index (χ2v) is 3.12. The van der Waals surface area contributed by atoms with Gasteiger partial charge in [-0.05, 0) is 18.3 Å². The summed E-state index contributed by atoms with van der Waals surface area (Å²) in [5.41, 5.74) is 1.24.